The molecule has 1 aliphatic rings. The zero-order valence-electron chi connectivity index (χ0n) is 12.3. The maximum atomic E-state index is 12.5. The van der Waals surface area contributed by atoms with Crippen LogP contribution in [-0.4, -0.2) is 23.2 Å². The summed E-state index contributed by atoms with van der Waals surface area (Å²) in [4.78, 5) is 28.8. The van der Waals surface area contributed by atoms with Gasteiger partial charge in [0.25, 0.3) is 0 Å². The monoisotopic (exact) mass is 328 g/mol. The quantitative estimate of drug-likeness (QED) is 0.931. The molecule has 3 rings (SSSR count). The number of fused-ring (bicyclic) bond motifs is 1. The third-order valence-corrected chi connectivity index (χ3v) is 3.71. The van der Waals surface area contributed by atoms with Crippen molar-refractivity contribution in [2.45, 2.75) is 6.92 Å². The van der Waals surface area contributed by atoms with Crippen LogP contribution in [0.2, 0.25) is 0 Å². The minimum absolute atomic E-state index is 0.0343. The van der Waals surface area contributed by atoms with Gasteiger partial charge in [-0.25, -0.2) is 0 Å². The standard InChI is InChI=1S/C17H13ClN2O3/c1-2-23-11-7-5-10(6-8-11)20-15-13(18)16(21)12-4-3-9-19-14(12)17(15)22/h3-9,20H,2H2,1H3. The number of ketones is 2. The number of hydrogen-bond donors (Lipinski definition) is 1. The van der Waals surface area contributed by atoms with Gasteiger partial charge < -0.3 is 10.1 Å². The first-order valence-electron chi connectivity index (χ1n) is 7.06. The fraction of sp³-hybridized carbons (Fsp3) is 0.118. The fourth-order valence-corrected chi connectivity index (χ4v) is 2.51. The molecule has 0 atom stereocenters. The summed E-state index contributed by atoms with van der Waals surface area (Å²) >= 11 is 6.08. The highest BCUT2D eigenvalue weighted by atomic mass is 35.5. The van der Waals surface area contributed by atoms with Crippen LogP contribution in [-0.2, 0) is 0 Å². The van der Waals surface area contributed by atoms with Crippen LogP contribution in [0.5, 0.6) is 5.75 Å². The molecule has 6 heteroatoms. The summed E-state index contributed by atoms with van der Waals surface area (Å²) < 4.78 is 5.36. The van der Waals surface area contributed by atoms with E-state index in [1.165, 1.54) is 6.20 Å². The van der Waals surface area contributed by atoms with Crippen LogP contribution in [0.25, 0.3) is 0 Å². The highest BCUT2D eigenvalue weighted by molar-refractivity contribution is 6.50. The van der Waals surface area contributed by atoms with Crippen LogP contribution >= 0.6 is 11.6 Å². The van der Waals surface area contributed by atoms with Crippen molar-refractivity contribution in [2.75, 3.05) is 11.9 Å². The molecule has 5 nitrogen and oxygen atoms in total. The van der Waals surface area contributed by atoms with Crippen molar-refractivity contribution in [3.05, 3.63) is 64.6 Å². The van der Waals surface area contributed by atoms with E-state index in [0.29, 0.717) is 12.3 Å². The highest BCUT2D eigenvalue weighted by Gasteiger charge is 2.32. The third-order valence-electron chi connectivity index (χ3n) is 3.35. The van der Waals surface area contributed by atoms with Crippen molar-refractivity contribution in [1.29, 1.82) is 0 Å². The number of pyridine rings is 1. The molecule has 0 radical (unpaired) electrons. The number of allylic oxidation sites excluding steroid dienone is 2. The molecule has 2 aromatic rings. The number of benzene rings is 1. The van der Waals surface area contributed by atoms with E-state index in [2.05, 4.69) is 10.3 Å². The van der Waals surface area contributed by atoms with Gasteiger partial charge in [0, 0.05) is 11.9 Å². The molecule has 1 aromatic carbocycles. The van der Waals surface area contributed by atoms with Crippen molar-refractivity contribution in [1.82, 2.24) is 4.98 Å². The van der Waals surface area contributed by atoms with Crippen molar-refractivity contribution in [3.63, 3.8) is 0 Å². The van der Waals surface area contributed by atoms with E-state index in [9.17, 15) is 9.59 Å². The lowest BCUT2D eigenvalue weighted by Crippen LogP contribution is -2.25. The van der Waals surface area contributed by atoms with Crippen molar-refractivity contribution in [3.8, 4) is 5.75 Å². The first-order chi connectivity index (χ1) is 11.1. The lowest BCUT2D eigenvalue weighted by atomic mass is 9.97. The molecule has 1 heterocycles. The summed E-state index contributed by atoms with van der Waals surface area (Å²) in [7, 11) is 0. The zero-order chi connectivity index (χ0) is 16.4. The smallest absolute Gasteiger partial charge is 0.229 e. The number of ether oxygens (including phenoxy) is 1. The van der Waals surface area contributed by atoms with Crippen molar-refractivity contribution < 1.29 is 14.3 Å². The molecule has 1 N–H and O–H groups in total. The van der Waals surface area contributed by atoms with Crippen LogP contribution in [0.1, 0.15) is 27.8 Å². The number of aromatic nitrogens is 1. The summed E-state index contributed by atoms with van der Waals surface area (Å²) in [6, 6.07) is 10.2. The Morgan fingerprint density at radius 2 is 1.87 bits per heavy atom. The molecular weight excluding hydrogens is 316 g/mol. The molecule has 0 unspecified atom stereocenters. The van der Waals surface area contributed by atoms with E-state index in [0.717, 1.165) is 5.75 Å². The molecule has 1 aliphatic carbocycles. The number of rotatable bonds is 4. The van der Waals surface area contributed by atoms with Crippen LogP contribution in [0.4, 0.5) is 5.69 Å². The third kappa shape index (κ3) is 2.83. The fourth-order valence-electron chi connectivity index (χ4n) is 2.28. The van der Waals surface area contributed by atoms with Crippen molar-refractivity contribution >= 4 is 28.9 Å². The number of anilines is 1. The zero-order valence-corrected chi connectivity index (χ0v) is 13.1. The van der Waals surface area contributed by atoms with E-state index in [-0.39, 0.29) is 22.0 Å². The maximum absolute atomic E-state index is 12.5. The van der Waals surface area contributed by atoms with Gasteiger partial charge in [-0.1, -0.05) is 11.6 Å². The Labute approximate surface area is 137 Å². The van der Waals surface area contributed by atoms with Gasteiger partial charge in [0.1, 0.15) is 22.2 Å². The minimum atomic E-state index is -0.414. The highest BCUT2D eigenvalue weighted by Crippen LogP contribution is 2.28. The molecule has 0 fully saturated rings. The van der Waals surface area contributed by atoms with Gasteiger partial charge in [0.2, 0.25) is 11.6 Å². The van der Waals surface area contributed by atoms with Crippen LogP contribution in [0, 0.1) is 0 Å². The van der Waals surface area contributed by atoms with Crippen LogP contribution < -0.4 is 10.1 Å². The molecule has 0 aliphatic heterocycles. The molecule has 0 bridgehead atoms. The molecule has 0 saturated carbocycles. The predicted octanol–water partition coefficient (Wildman–Crippen LogP) is 3.42. The topological polar surface area (TPSA) is 68.3 Å². The lowest BCUT2D eigenvalue weighted by molar-refractivity contribution is 0.0978. The number of Topliss-reactive ketones (excluding diaryl/α,β-unsaturated/α-hetero) is 2. The maximum Gasteiger partial charge on any atom is 0.229 e. The summed E-state index contributed by atoms with van der Waals surface area (Å²) in [5, 5.41) is 2.77. The average molecular weight is 329 g/mol. The second kappa shape index (κ2) is 6.22. The molecule has 0 saturated heterocycles. The van der Waals surface area contributed by atoms with Gasteiger partial charge in [0.15, 0.2) is 0 Å². The predicted molar refractivity (Wildman–Crippen MR) is 87.0 cm³/mol. The number of halogens is 1. The Kier molecular flexibility index (Phi) is 4.12. The second-order valence-corrected chi connectivity index (χ2v) is 5.21. The Morgan fingerprint density at radius 3 is 2.57 bits per heavy atom. The van der Waals surface area contributed by atoms with Gasteiger partial charge in [-0.15, -0.1) is 0 Å². The SMILES string of the molecule is CCOc1ccc(NC2=C(Cl)C(=O)c3cccnc3C2=O)cc1. The van der Waals surface area contributed by atoms with Crippen molar-refractivity contribution in [2.24, 2.45) is 0 Å². The van der Waals surface area contributed by atoms with E-state index in [1.807, 2.05) is 6.92 Å². The average Bonchev–Trinajstić information content (AvgIpc) is 2.58. The second-order valence-electron chi connectivity index (χ2n) is 4.83. The first kappa shape index (κ1) is 15.2. The summed E-state index contributed by atoms with van der Waals surface area (Å²) in [6.07, 6.45) is 1.47. The summed E-state index contributed by atoms with van der Waals surface area (Å²) in [5.41, 5.74) is 0.990. The van der Waals surface area contributed by atoms with Gasteiger partial charge in [-0.3, -0.25) is 14.6 Å². The van der Waals surface area contributed by atoms with E-state index in [1.54, 1.807) is 36.4 Å². The number of hydrogen-bond acceptors (Lipinski definition) is 5. The van der Waals surface area contributed by atoms with Gasteiger partial charge >= 0.3 is 0 Å². The molecule has 1 aromatic heterocycles. The normalized spacial score (nSPS) is 13.8. The molecule has 116 valence electrons. The minimum Gasteiger partial charge on any atom is -0.494 e. The van der Waals surface area contributed by atoms with E-state index >= 15 is 0 Å². The van der Waals surface area contributed by atoms with Gasteiger partial charge in [-0.2, -0.15) is 0 Å². The molecular formula is C17H13ClN2O3. The number of nitrogens with one attached hydrogen (secondary N) is 1. The molecule has 23 heavy (non-hydrogen) atoms. The van der Waals surface area contributed by atoms with Crippen LogP contribution in [0.15, 0.2) is 53.3 Å². The summed E-state index contributed by atoms with van der Waals surface area (Å²) in [6.45, 7) is 2.46. The van der Waals surface area contributed by atoms with Gasteiger partial charge in [0.05, 0.1) is 12.2 Å². The van der Waals surface area contributed by atoms with E-state index < -0.39 is 11.6 Å². The lowest BCUT2D eigenvalue weighted by Gasteiger charge is -2.18. The largest absolute Gasteiger partial charge is 0.494 e. The molecule has 0 amide bonds. The number of carbonyl (C=O) groups excluding carboxylic acids is 2. The van der Waals surface area contributed by atoms with E-state index in [4.69, 9.17) is 16.3 Å². The van der Waals surface area contributed by atoms with Crippen LogP contribution in [0.3, 0.4) is 0 Å². The first-order valence-corrected chi connectivity index (χ1v) is 7.43. The number of nitrogens with zero attached hydrogens (tertiary/aromatic N) is 1. The Balaban J connectivity index is 1.92. The summed E-state index contributed by atoms with van der Waals surface area (Å²) in [5.74, 6) is -0.0990. The Hall–Kier alpha value is -2.66. The van der Waals surface area contributed by atoms with Gasteiger partial charge in [-0.05, 0) is 43.3 Å². The molecule has 0 spiro atoms. The Morgan fingerprint density at radius 1 is 1.13 bits per heavy atom. The number of carbonyl (C=O) groups is 2. The Bertz CT molecular complexity index is 813.